The smallest absolute Gasteiger partial charge is 0.139 e. The van der Waals surface area contributed by atoms with Crippen LogP contribution in [0.4, 0.5) is 0 Å². The van der Waals surface area contributed by atoms with Crippen molar-refractivity contribution in [1.29, 1.82) is 0 Å². The molecule has 0 bridgehead atoms. The molecule has 0 amide bonds. The Kier molecular flexibility index (Phi) is 14.9. The molecule has 0 saturated heterocycles. The predicted molar refractivity (Wildman–Crippen MR) is 121 cm³/mol. The largest absolute Gasteiger partial charge is 0.492 e. The fourth-order valence-electron chi connectivity index (χ4n) is 3.03. The number of hydrogen-bond donors (Lipinski definition) is 0. The molecule has 1 aromatic rings. The average Bonchev–Trinajstić information content (AvgIpc) is 2.67. The van der Waals surface area contributed by atoms with E-state index in [0.717, 1.165) is 42.4 Å². The summed E-state index contributed by atoms with van der Waals surface area (Å²) in [5.74, 6) is 1.66. The molecule has 0 aromatic heterocycles. The molecule has 0 atom stereocenters. The van der Waals surface area contributed by atoms with Crippen LogP contribution in [-0.4, -0.2) is 19.5 Å². The predicted octanol–water partition coefficient (Wildman–Crippen LogP) is 8.54. The van der Waals surface area contributed by atoms with Crippen molar-refractivity contribution in [2.24, 2.45) is 0 Å². The molecule has 0 N–H and O–H groups in total. The van der Waals surface area contributed by atoms with Crippen molar-refractivity contribution < 1.29 is 9.47 Å². The Morgan fingerprint density at radius 1 is 0.704 bits per heavy atom. The molecular weight excluding hydrogens is 376 g/mol. The topological polar surface area (TPSA) is 18.5 Å². The molecule has 0 saturated carbocycles. The fraction of sp³-hybridized carbons (Fsp3) is 0.739. The van der Waals surface area contributed by atoms with Gasteiger partial charge in [-0.15, -0.1) is 11.8 Å². The van der Waals surface area contributed by atoms with Crippen LogP contribution in [0, 0.1) is 0 Å². The highest BCUT2D eigenvalue weighted by Crippen LogP contribution is 2.37. The maximum Gasteiger partial charge on any atom is 0.139 e. The molecule has 0 heterocycles. The first-order valence-electron chi connectivity index (χ1n) is 10.9. The molecule has 2 nitrogen and oxygen atoms in total. The Morgan fingerprint density at radius 2 is 1.19 bits per heavy atom. The second-order valence-corrected chi connectivity index (χ2v) is 8.42. The van der Waals surface area contributed by atoms with Crippen molar-refractivity contribution in [3.05, 3.63) is 17.2 Å². The van der Waals surface area contributed by atoms with E-state index in [4.69, 9.17) is 21.1 Å². The van der Waals surface area contributed by atoms with E-state index in [9.17, 15) is 0 Å². The summed E-state index contributed by atoms with van der Waals surface area (Å²) in [6.45, 7) is 5.98. The van der Waals surface area contributed by atoms with E-state index in [1.54, 1.807) is 11.8 Å². The summed E-state index contributed by atoms with van der Waals surface area (Å²) in [6.07, 6.45) is 17.3. The highest BCUT2D eigenvalue weighted by Gasteiger charge is 2.11. The van der Waals surface area contributed by atoms with Crippen LogP contribution in [0.3, 0.4) is 0 Å². The zero-order valence-corrected chi connectivity index (χ0v) is 19.2. The molecule has 4 heteroatoms. The van der Waals surface area contributed by atoms with Crippen LogP contribution < -0.4 is 9.47 Å². The van der Waals surface area contributed by atoms with Gasteiger partial charge in [0, 0.05) is 6.07 Å². The summed E-state index contributed by atoms with van der Waals surface area (Å²) < 4.78 is 11.9. The zero-order chi connectivity index (χ0) is 19.7. The van der Waals surface area contributed by atoms with Gasteiger partial charge in [-0.3, -0.25) is 0 Å². The van der Waals surface area contributed by atoms with E-state index >= 15 is 0 Å². The standard InChI is InChI=1S/C23H39ClO2S/c1-4-6-8-10-12-14-16-25-21-19-23(27-3)22(18-20(21)24)26-17-15-13-11-9-7-5-2/h18-19H,4-17H2,1-3H3. The van der Waals surface area contributed by atoms with Gasteiger partial charge in [0.05, 0.1) is 23.1 Å². The monoisotopic (exact) mass is 414 g/mol. The Labute approximate surface area is 176 Å². The van der Waals surface area contributed by atoms with Crippen LogP contribution in [0.15, 0.2) is 17.0 Å². The molecule has 27 heavy (non-hydrogen) atoms. The molecule has 0 unspecified atom stereocenters. The minimum Gasteiger partial charge on any atom is -0.492 e. The van der Waals surface area contributed by atoms with Gasteiger partial charge in [0.1, 0.15) is 11.5 Å². The summed E-state index contributed by atoms with van der Waals surface area (Å²) in [6, 6.07) is 3.95. The Balaban J connectivity index is 2.36. The average molecular weight is 415 g/mol. The first-order valence-corrected chi connectivity index (χ1v) is 12.5. The molecule has 156 valence electrons. The van der Waals surface area contributed by atoms with Gasteiger partial charge >= 0.3 is 0 Å². The van der Waals surface area contributed by atoms with Gasteiger partial charge in [0.25, 0.3) is 0 Å². The van der Waals surface area contributed by atoms with Gasteiger partial charge in [-0.2, -0.15) is 0 Å². The lowest BCUT2D eigenvalue weighted by Gasteiger charge is -2.14. The van der Waals surface area contributed by atoms with Crippen LogP contribution >= 0.6 is 23.4 Å². The van der Waals surface area contributed by atoms with Crippen LogP contribution in [0.25, 0.3) is 0 Å². The molecule has 0 radical (unpaired) electrons. The van der Waals surface area contributed by atoms with Crippen molar-refractivity contribution >= 4 is 23.4 Å². The lowest BCUT2D eigenvalue weighted by atomic mass is 10.1. The van der Waals surface area contributed by atoms with Crippen molar-refractivity contribution in [3.63, 3.8) is 0 Å². The molecule has 0 spiro atoms. The van der Waals surface area contributed by atoms with Crippen molar-refractivity contribution in [2.45, 2.75) is 95.8 Å². The van der Waals surface area contributed by atoms with E-state index in [1.807, 2.05) is 12.1 Å². The number of rotatable bonds is 17. The van der Waals surface area contributed by atoms with E-state index < -0.39 is 0 Å². The van der Waals surface area contributed by atoms with Crippen LogP contribution in [0.1, 0.15) is 90.9 Å². The maximum absolute atomic E-state index is 6.42. The second kappa shape index (κ2) is 16.4. The van der Waals surface area contributed by atoms with Crippen LogP contribution in [0.5, 0.6) is 11.5 Å². The SMILES string of the molecule is CCCCCCCCOc1cc(SC)c(OCCCCCCCC)cc1Cl. The number of halogens is 1. The zero-order valence-electron chi connectivity index (χ0n) is 17.7. The minimum atomic E-state index is 0.650. The van der Waals surface area contributed by atoms with Gasteiger partial charge in [-0.1, -0.05) is 89.7 Å². The number of ether oxygens (including phenoxy) is 2. The van der Waals surface area contributed by atoms with E-state index in [2.05, 4.69) is 20.1 Å². The fourth-order valence-corrected chi connectivity index (χ4v) is 3.78. The molecule has 0 aliphatic rings. The van der Waals surface area contributed by atoms with Gasteiger partial charge in [0.15, 0.2) is 0 Å². The summed E-state index contributed by atoms with van der Waals surface area (Å²) in [7, 11) is 0. The third kappa shape index (κ3) is 11.1. The Hall–Kier alpha value is -0.540. The molecular formula is C23H39ClO2S. The number of unbranched alkanes of at least 4 members (excludes halogenated alkanes) is 10. The number of hydrogen-bond acceptors (Lipinski definition) is 3. The lowest BCUT2D eigenvalue weighted by molar-refractivity contribution is 0.290. The quantitative estimate of drug-likeness (QED) is 0.188. The molecule has 0 aliphatic carbocycles. The second-order valence-electron chi connectivity index (χ2n) is 7.17. The lowest BCUT2D eigenvalue weighted by Crippen LogP contribution is -2.01. The summed E-state index contributed by atoms with van der Waals surface area (Å²) in [4.78, 5) is 1.10. The first kappa shape index (κ1) is 24.5. The van der Waals surface area contributed by atoms with Gasteiger partial charge in [-0.25, -0.2) is 0 Å². The van der Waals surface area contributed by atoms with Gasteiger partial charge < -0.3 is 9.47 Å². The highest BCUT2D eigenvalue weighted by atomic mass is 35.5. The minimum absolute atomic E-state index is 0.650. The summed E-state index contributed by atoms with van der Waals surface area (Å²) >= 11 is 8.11. The molecule has 0 aliphatic heterocycles. The first-order chi connectivity index (χ1) is 13.2. The maximum atomic E-state index is 6.42. The molecule has 1 aromatic carbocycles. The van der Waals surface area contributed by atoms with Crippen LogP contribution in [-0.2, 0) is 0 Å². The van der Waals surface area contributed by atoms with Gasteiger partial charge in [-0.05, 0) is 25.2 Å². The normalized spacial score (nSPS) is 11.0. The highest BCUT2D eigenvalue weighted by molar-refractivity contribution is 7.98. The van der Waals surface area contributed by atoms with Crippen molar-refractivity contribution in [3.8, 4) is 11.5 Å². The van der Waals surface area contributed by atoms with Crippen LogP contribution in [0.2, 0.25) is 5.02 Å². The van der Waals surface area contributed by atoms with E-state index in [-0.39, 0.29) is 0 Å². The van der Waals surface area contributed by atoms with Gasteiger partial charge in [0.2, 0.25) is 0 Å². The Morgan fingerprint density at radius 3 is 1.70 bits per heavy atom. The van der Waals surface area contributed by atoms with Crippen molar-refractivity contribution in [1.82, 2.24) is 0 Å². The third-order valence-electron chi connectivity index (χ3n) is 4.73. The third-order valence-corrected chi connectivity index (χ3v) is 5.78. The number of benzene rings is 1. The van der Waals surface area contributed by atoms with Crippen molar-refractivity contribution in [2.75, 3.05) is 19.5 Å². The van der Waals surface area contributed by atoms with E-state index in [0.29, 0.717) is 5.02 Å². The molecule has 1 rings (SSSR count). The number of thioether (sulfide) groups is 1. The Bertz CT molecular complexity index is 494. The molecule has 0 fully saturated rings. The summed E-state index contributed by atoms with van der Waals surface area (Å²) in [5, 5.41) is 0.650. The summed E-state index contributed by atoms with van der Waals surface area (Å²) in [5.41, 5.74) is 0. The van der Waals surface area contributed by atoms with E-state index in [1.165, 1.54) is 64.2 Å².